The molecule has 0 unspecified atom stereocenters. The van der Waals surface area contributed by atoms with Gasteiger partial charge in [-0.05, 0) is 29.7 Å². The van der Waals surface area contributed by atoms with Crippen LogP contribution in [0.15, 0.2) is 24.4 Å². The van der Waals surface area contributed by atoms with Crippen LogP contribution >= 0.6 is 11.6 Å². The molecule has 2 N–H and O–H groups in total. The number of nitrogens with two attached hydrogens (primary N) is 1. The Labute approximate surface area is 110 Å². The molecule has 1 heterocycles. The van der Waals surface area contributed by atoms with Gasteiger partial charge in [0, 0.05) is 5.02 Å². The predicted octanol–water partition coefficient (Wildman–Crippen LogP) is 2.14. The largest absolute Gasteiger partial charge is 0.364 e. The van der Waals surface area contributed by atoms with Gasteiger partial charge in [-0.25, -0.2) is 4.68 Å². The molecule has 2 rings (SSSR count). The number of hydrogen-bond donors (Lipinski definition) is 1. The van der Waals surface area contributed by atoms with E-state index < -0.39 is 5.91 Å². The molecule has 0 aliphatic heterocycles. The van der Waals surface area contributed by atoms with Crippen LogP contribution in [0.3, 0.4) is 0 Å². The van der Waals surface area contributed by atoms with Crippen molar-refractivity contribution in [3.8, 4) is 5.69 Å². The SMILES string of the molecule is CC(C)c1cc(Cl)ccc1-n1cc(C(N)=O)nn1. The highest BCUT2D eigenvalue weighted by atomic mass is 35.5. The van der Waals surface area contributed by atoms with Crippen LogP contribution in [0.5, 0.6) is 0 Å². The normalized spacial score (nSPS) is 10.9. The third-order valence-electron chi connectivity index (χ3n) is 2.60. The molecule has 0 saturated carbocycles. The lowest BCUT2D eigenvalue weighted by atomic mass is 10.0. The summed E-state index contributed by atoms with van der Waals surface area (Å²) >= 11 is 5.98. The number of benzene rings is 1. The van der Waals surface area contributed by atoms with Gasteiger partial charge in [-0.1, -0.05) is 30.7 Å². The van der Waals surface area contributed by atoms with Crippen molar-refractivity contribution in [3.63, 3.8) is 0 Å². The maximum absolute atomic E-state index is 11.0. The highest BCUT2D eigenvalue weighted by Crippen LogP contribution is 2.25. The van der Waals surface area contributed by atoms with E-state index in [0.29, 0.717) is 5.02 Å². The van der Waals surface area contributed by atoms with E-state index in [0.717, 1.165) is 11.3 Å². The Morgan fingerprint density at radius 1 is 1.44 bits per heavy atom. The first-order chi connectivity index (χ1) is 8.49. The van der Waals surface area contributed by atoms with Crippen LogP contribution in [-0.2, 0) is 0 Å². The molecule has 0 saturated heterocycles. The van der Waals surface area contributed by atoms with E-state index in [4.69, 9.17) is 17.3 Å². The molecule has 0 bridgehead atoms. The molecule has 0 aliphatic rings. The maximum Gasteiger partial charge on any atom is 0.270 e. The lowest BCUT2D eigenvalue weighted by Gasteiger charge is -2.12. The van der Waals surface area contributed by atoms with Crippen molar-refractivity contribution in [1.82, 2.24) is 15.0 Å². The van der Waals surface area contributed by atoms with E-state index >= 15 is 0 Å². The van der Waals surface area contributed by atoms with Crippen molar-refractivity contribution >= 4 is 17.5 Å². The number of nitrogens with zero attached hydrogens (tertiary/aromatic N) is 3. The van der Waals surface area contributed by atoms with Crippen LogP contribution in [0.25, 0.3) is 5.69 Å². The minimum atomic E-state index is -0.596. The standard InChI is InChI=1S/C12H13ClN4O/c1-7(2)9-5-8(13)3-4-11(9)17-6-10(12(14)18)15-16-17/h3-7H,1-2H3,(H2,14,18). The summed E-state index contributed by atoms with van der Waals surface area (Å²) in [6.45, 7) is 4.11. The van der Waals surface area contributed by atoms with Crippen LogP contribution in [0.4, 0.5) is 0 Å². The van der Waals surface area contributed by atoms with Crippen molar-refractivity contribution in [2.45, 2.75) is 19.8 Å². The number of carbonyl (C=O) groups is 1. The topological polar surface area (TPSA) is 73.8 Å². The van der Waals surface area contributed by atoms with Crippen molar-refractivity contribution in [2.75, 3.05) is 0 Å². The van der Waals surface area contributed by atoms with Gasteiger partial charge in [-0.3, -0.25) is 4.79 Å². The predicted molar refractivity (Wildman–Crippen MR) is 69.0 cm³/mol. The van der Waals surface area contributed by atoms with E-state index in [1.54, 1.807) is 6.07 Å². The molecule has 94 valence electrons. The fourth-order valence-corrected chi connectivity index (χ4v) is 1.87. The molecular formula is C12H13ClN4O. The molecule has 0 fully saturated rings. The summed E-state index contributed by atoms with van der Waals surface area (Å²) in [5.74, 6) is -0.318. The minimum absolute atomic E-state index is 0.139. The molecule has 1 amide bonds. The number of primary amides is 1. The van der Waals surface area contributed by atoms with Gasteiger partial charge in [0.1, 0.15) is 0 Å². The molecule has 1 aromatic carbocycles. The summed E-state index contributed by atoms with van der Waals surface area (Å²) in [5, 5.41) is 8.29. The highest BCUT2D eigenvalue weighted by Gasteiger charge is 2.13. The quantitative estimate of drug-likeness (QED) is 0.923. The summed E-state index contributed by atoms with van der Waals surface area (Å²) in [6, 6.07) is 5.50. The average molecular weight is 265 g/mol. The Morgan fingerprint density at radius 2 is 2.17 bits per heavy atom. The number of rotatable bonds is 3. The molecule has 2 aromatic rings. The van der Waals surface area contributed by atoms with E-state index in [2.05, 4.69) is 24.2 Å². The third kappa shape index (κ3) is 2.36. The lowest BCUT2D eigenvalue weighted by Crippen LogP contribution is -2.11. The summed E-state index contributed by atoms with van der Waals surface area (Å²) in [6.07, 6.45) is 1.51. The molecule has 5 nitrogen and oxygen atoms in total. The monoisotopic (exact) mass is 264 g/mol. The Balaban J connectivity index is 2.52. The zero-order valence-electron chi connectivity index (χ0n) is 10.1. The number of halogens is 1. The van der Waals surface area contributed by atoms with Gasteiger partial charge in [0.2, 0.25) is 0 Å². The van der Waals surface area contributed by atoms with Crippen LogP contribution in [-0.4, -0.2) is 20.9 Å². The Kier molecular flexibility index (Phi) is 3.34. The molecule has 18 heavy (non-hydrogen) atoms. The molecule has 0 atom stereocenters. The summed E-state index contributed by atoms with van der Waals surface area (Å²) < 4.78 is 1.53. The second-order valence-corrected chi connectivity index (χ2v) is 4.71. The van der Waals surface area contributed by atoms with Gasteiger partial charge < -0.3 is 5.73 Å². The van der Waals surface area contributed by atoms with E-state index in [-0.39, 0.29) is 11.6 Å². The first-order valence-electron chi connectivity index (χ1n) is 5.51. The van der Waals surface area contributed by atoms with Crippen molar-refractivity contribution in [1.29, 1.82) is 0 Å². The maximum atomic E-state index is 11.0. The average Bonchev–Trinajstić information content (AvgIpc) is 2.78. The number of carbonyl (C=O) groups excluding carboxylic acids is 1. The molecule has 6 heteroatoms. The van der Waals surface area contributed by atoms with Crippen LogP contribution in [0.1, 0.15) is 35.8 Å². The fraction of sp³-hybridized carbons (Fsp3) is 0.250. The first kappa shape index (κ1) is 12.6. The molecule has 1 aromatic heterocycles. The molecular weight excluding hydrogens is 252 g/mol. The molecule has 0 aliphatic carbocycles. The molecule has 0 radical (unpaired) electrons. The highest BCUT2D eigenvalue weighted by molar-refractivity contribution is 6.30. The molecule has 0 spiro atoms. The zero-order valence-corrected chi connectivity index (χ0v) is 10.8. The van der Waals surface area contributed by atoms with Gasteiger partial charge in [0.25, 0.3) is 5.91 Å². The number of aromatic nitrogens is 3. The Hall–Kier alpha value is -1.88. The van der Waals surface area contributed by atoms with Gasteiger partial charge in [-0.15, -0.1) is 5.10 Å². The van der Waals surface area contributed by atoms with Gasteiger partial charge >= 0.3 is 0 Å². The zero-order chi connectivity index (χ0) is 13.3. The van der Waals surface area contributed by atoms with Crippen molar-refractivity contribution in [2.24, 2.45) is 5.73 Å². The summed E-state index contributed by atoms with van der Waals surface area (Å²) in [5.41, 5.74) is 7.16. The van der Waals surface area contributed by atoms with E-state index in [1.165, 1.54) is 10.9 Å². The second-order valence-electron chi connectivity index (χ2n) is 4.27. The van der Waals surface area contributed by atoms with Crippen LogP contribution in [0, 0.1) is 0 Å². The first-order valence-corrected chi connectivity index (χ1v) is 5.89. The van der Waals surface area contributed by atoms with Crippen molar-refractivity contribution < 1.29 is 4.79 Å². The summed E-state index contributed by atoms with van der Waals surface area (Å²) in [4.78, 5) is 11.0. The van der Waals surface area contributed by atoms with Gasteiger partial charge in [-0.2, -0.15) is 0 Å². The Bertz CT molecular complexity index is 592. The second kappa shape index (κ2) is 4.78. The summed E-state index contributed by atoms with van der Waals surface area (Å²) in [7, 11) is 0. The van der Waals surface area contributed by atoms with Crippen LogP contribution in [0.2, 0.25) is 5.02 Å². The van der Waals surface area contributed by atoms with Crippen molar-refractivity contribution in [3.05, 3.63) is 40.7 Å². The minimum Gasteiger partial charge on any atom is -0.364 e. The van der Waals surface area contributed by atoms with Gasteiger partial charge in [0.15, 0.2) is 5.69 Å². The van der Waals surface area contributed by atoms with E-state index in [9.17, 15) is 4.79 Å². The third-order valence-corrected chi connectivity index (χ3v) is 2.84. The number of amides is 1. The fourth-order valence-electron chi connectivity index (χ4n) is 1.69. The van der Waals surface area contributed by atoms with E-state index in [1.807, 2.05) is 12.1 Å². The smallest absolute Gasteiger partial charge is 0.270 e. The Morgan fingerprint density at radius 3 is 2.72 bits per heavy atom. The van der Waals surface area contributed by atoms with Gasteiger partial charge in [0.05, 0.1) is 11.9 Å². The van der Waals surface area contributed by atoms with Crippen LogP contribution < -0.4 is 5.73 Å². The lowest BCUT2D eigenvalue weighted by molar-refractivity contribution is 0.0995. The number of hydrogen-bond acceptors (Lipinski definition) is 3.